The van der Waals surface area contributed by atoms with Crippen LogP contribution in [0.4, 0.5) is 39.8 Å². The molecule has 14 heteroatoms. The van der Waals surface area contributed by atoms with E-state index in [1.165, 1.54) is 163 Å². The molecular weight excluding hydrogens is 1600 g/mol. The molecule has 9 aliphatic rings. The van der Waals surface area contributed by atoms with Gasteiger partial charge in [0, 0.05) is 134 Å². The molecule has 0 atom stereocenters. The average molecular weight is 1760 g/mol. The fourth-order valence-corrected chi connectivity index (χ4v) is 18.5. The van der Waals surface area contributed by atoms with Gasteiger partial charge in [-0.25, -0.2) is 0 Å². The molecule has 2 spiro atoms. The van der Waals surface area contributed by atoms with Crippen LogP contribution in [-0.2, 0) is 98.6 Å². The summed E-state index contributed by atoms with van der Waals surface area (Å²) in [6.07, 6.45) is 12.9. The van der Waals surface area contributed by atoms with Gasteiger partial charge in [-0.2, -0.15) is 0 Å². The number of fused-ring (bicyclic) bond motifs is 10. The standard InChI is InChI=1S/C18H25N3O2.C16H21NO.C15H23N.C14H19NO.C14H19N.C14H21N.C13H19N.C12H17N/c1-18(2,3)14-7-6-13-8-9-21(15(13)10-14)17(23)12-20(5)16(22)11-19-4;1-11(18)17-10-16(7-8-16)13-6-5-12(9-14(13)17)15(2,3)4;1-14(2,3)11-6-7-12-13(10-11)16-9-8-15(12,4)5;1-10(16)15-8-7-11-5-6-12(9-13(11)15)14(2,3)4;1-13(2,3)10-4-5-11-12(8-10)15-9-14(11)6-7-14;1-13(2,3)10-6-7-11-12(8-10)15-9-14(11,4)5;1-13(2,3)11-7-6-10-5-4-8-14-12(10)9-11;1-12(2,3)10-5-4-9-6-7-13-11(9)8-10/h6-10,19H,11-12H2,1-5H3;5-6,9H,7-8,10H2,1-4H3;6-7,10,16H,8-9H2,1-5H3;5-6,9H,7-8H2,1-4H3;4-5,8,15H,6-7,9H2,1-3H3;6-8,15H,9H2,1-5H3;6-7,9,14H,4-5,8H2,1-3H3;4-5,8,13H,6-7H2,1-3H3. The third-order valence-corrected chi connectivity index (χ3v) is 28.1. The van der Waals surface area contributed by atoms with Crippen LogP contribution >= 0.6 is 0 Å². The van der Waals surface area contributed by atoms with Gasteiger partial charge in [0.25, 0.3) is 5.91 Å². The van der Waals surface area contributed by atoms with Crippen LogP contribution in [0.15, 0.2) is 158 Å². The molecule has 9 aromatic rings. The number of nitrogens with one attached hydrogen (secondary N) is 6. The van der Waals surface area contributed by atoms with Crippen LogP contribution in [0.25, 0.3) is 10.9 Å². The average Bonchev–Trinajstić information content (AvgIpc) is 1.54. The smallest absolute Gasteiger partial charge is 0.250 e. The van der Waals surface area contributed by atoms with Crippen molar-refractivity contribution in [3.63, 3.8) is 0 Å². The van der Waals surface area contributed by atoms with E-state index < -0.39 is 0 Å². The van der Waals surface area contributed by atoms with Gasteiger partial charge in [-0.1, -0.05) is 291 Å². The molecule has 0 saturated heterocycles. The molecule has 8 heterocycles. The maximum Gasteiger partial charge on any atom is 0.250 e. The summed E-state index contributed by atoms with van der Waals surface area (Å²) in [4.78, 5) is 52.9. The third-order valence-electron chi connectivity index (χ3n) is 28.1. The highest BCUT2D eigenvalue weighted by atomic mass is 16.2. The molecule has 3 amide bonds. The number of carbonyl (C=O) groups is 4. The predicted octanol–water partition coefficient (Wildman–Crippen LogP) is 26.0. The minimum absolute atomic E-state index is 0.0197. The van der Waals surface area contributed by atoms with Gasteiger partial charge in [0.1, 0.15) is 6.54 Å². The van der Waals surface area contributed by atoms with E-state index in [0.29, 0.717) is 16.2 Å². The highest BCUT2D eigenvalue weighted by Crippen LogP contribution is 2.58. The van der Waals surface area contributed by atoms with Gasteiger partial charge in [0.2, 0.25) is 17.7 Å². The summed E-state index contributed by atoms with van der Waals surface area (Å²) in [6, 6.07) is 55.8. The molecule has 18 rings (SSSR count). The minimum atomic E-state index is -0.113. The Bertz CT molecular complexity index is 5480. The van der Waals surface area contributed by atoms with Crippen LogP contribution in [0, 0.1) is 0 Å². The number of likely N-dealkylation sites (N-methyl/N-ethyl adjacent to an activating group) is 2. The predicted molar refractivity (Wildman–Crippen MR) is 556 cm³/mol. The first kappa shape index (κ1) is 101. The van der Waals surface area contributed by atoms with E-state index >= 15 is 0 Å². The molecule has 702 valence electrons. The molecular formula is C116H164N10O4. The molecule has 8 aromatic carbocycles. The first-order valence-electron chi connectivity index (χ1n) is 48.5. The van der Waals surface area contributed by atoms with Crippen LogP contribution in [0.2, 0.25) is 0 Å². The molecule has 130 heavy (non-hydrogen) atoms. The molecule has 2 aliphatic carbocycles. The van der Waals surface area contributed by atoms with Gasteiger partial charge in [-0.15, -0.1) is 0 Å². The molecule has 0 bridgehead atoms. The second kappa shape index (κ2) is 38.5. The second-order valence-electron chi connectivity index (χ2n) is 48.2. The molecule has 7 aliphatic heterocycles. The van der Waals surface area contributed by atoms with Crippen LogP contribution in [0.3, 0.4) is 0 Å². The van der Waals surface area contributed by atoms with Gasteiger partial charge in [0.05, 0.1) is 12.1 Å². The van der Waals surface area contributed by atoms with Crippen molar-refractivity contribution >= 4 is 74.3 Å². The summed E-state index contributed by atoms with van der Waals surface area (Å²) < 4.78 is 1.63. The largest absolute Gasteiger partial charge is 0.385 e. The van der Waals surface area contributed by atoms with Crippen LogP contribution in [-0.4, -0.2) is 106 Å². The fourth-order valence-electron chi connectivity index (χ4n) is 18.5. The molecule has 2 saturated carbocycles. The monoisotopic (exact) mass is 1760 g/mol. The topological polar surface area (TPSA) is 155 Å². The van der Waals surface area contributed by atoms with Crippen molar-refractivity contribution in [2.45, 2.75) is 330 Å². The second-order valence-corrected chi connectivity index (χ2v) is 48.2. The van der Waals surface area contributed by atoms with E-state index in [0.717, 1.165) is 74.5 Å². The van der Waals surface area contributed by atoms with Crippen molar-refractivity contribution in [1.82, 2.24) is 14.8 Å². The first-order chi connectivity index (χ1) is 60.2. The number of hydrogen-bond acceptors (Lipinski definition) is 10. The number of nitrogens with zero attached hydrogens (tertiary/aromatic N) is 4. The summed E-state index contributed by atoms with van der Waals surface area (Å²) in [5, 5.41) is 21.3. The Morgan fingerprint density at radius 1 is 0.377 bits per heavy atom. The van der Waals surface area contributed by atoms with Crippen molar-refractivity contribution in [2.75, 3.05) is 109 Å². The maximum absolute atomic E-state index is 12.5. The fraction of sp³-hybridized carbons (Fsp3) is 0.534. The van der Waals surface area contributed by atoms with Gasteiger partial charge in [0.15, 0.2) is 0 Å². The number of benzene rings is 8. The highest BCUT2D eigenvalue weighted by molar-refractivity contribution is 5.97. The number of aromatic nitrogens is 1. The van der Waals surface area contributed by atoms with Crippen LogP contribution in [0.1, 0.15) is 334 Å². The molecule has 0 unspecified atom stereocenters. The Hall–Kier alpha value is -9.66. The summed E-state index contributed by atoms with van der Waals surface area (Å²) in [7, 11) is 3.35. The summed E-state index contributed by atoms with van der Waals surface area (Å²) >= 11 is 0. The van der Waals surface area contributed by atoms with Crippen LogP contribution < -0.4 is 41.7 Å². The zero-order valence-electron chi connectivity index (χ0n) is 86.2. The lowest BCUT2D eigenvalue weighted by molar-refractivity contribution is -0.128. The Labute approximate surface area is 784 Å². The van der Waals surface area contributed by atoms with E-state index in [2.05, 4.69) is 365 Å². The van der Waals surface area contributed by atoms with Gasteiger partial charge >= 0.3 is 0 Å². The van der Waals surface area contributed by atoms with Gasteiger partial charge in [-0.3, -0.25) is 23.7 Å². The molecule has 2 fully saturated rings. The van der Waals surface area contributed by atoms with E-state index in [9.17, 15) is 19.2 Å². The van der Waals surface area contributed by atoms with Gasteiger partial charge in [-0.05, 0) is 252 Å². The highest BCUT2D eigenvalue weighted by Gasteiger charge is 2.53. The molecule has 14 nitrogen and oxygen atoms in total. The number of anilines is 7. The molecule has 6 N–H and O–H groups in total. The first-order valence-corrected chi connectivity index (χ1v) is 48.5. The Morgan fingerprint density at radius 3 is 1.25 bits per heavy atom. The lowest BCUT2D eigenvalue weighted by atomic mass is 9.76. The van der Waals surface area contributed by atoms with Crippen molar-refractivity contribution in [2.24, 2.45) is 0 Å². The minimum Gasteiger partial charge on any atom is -0.385 e. The molecule has 1 aromatic heterocycles. The quantitative estimate of drug-likeness (QED) is 0.100. The summed E-state index contributed by atoms with van der Waals surface area (Å²) in [5.74, 6) is 0.0987. The third kappa shape index (κ3) is 24.4. The van der Waals surface area contributed by atoms with E-state index in [1.54, 1.807) is 44.3 Å². The van der Waals surface area contributed by atoms with E-state index in [-0.39, 0.29) is 85.5 Å². The van der Waals surface area contributed by atoms with Crippen molar-refractivity contribution < 1.29 is 19.2 Å². The van der Waals surface area contributed by atoms with Gasteiger partial charge < -0.3 is 46.6 Å². The van der Waals surface area contributed by atoms with E-state index in [1.807, 2.05) is 21.9 Å². The zero-order valence-corrected chi connectivity index (χ0v) is 86.2. The Morgan fingerprint density at radius 2 is 0.769 bits per heavy atom. The van der Waals surface area contributed by atoms with Crippen LogP contribution in [0.5, 0.6) is 0 Å². The SMILES string of the molecule is CC(=O)N1CC2(CC2)c2ccc(C(C)(C)C)cc21.CC(=O)N1CCc2ccc(C(C)(C)C)cc21.CC(C)(C)c1ccc2c(c1)NCC2.CC(C)(C)c1ccc2c(c1)NCC2(C)C.CC(C)(C)c1ccc2c(c1)NCC21CC1.CC(C)(C)c1ccc2c(c1)NCCC2.CC(C)(C)c1ccc2c(c1)NCCC2(C)C.CNCC(=O)N(C)CC(=O)n1ccc2ccc(C(C)(C)C)cc21. The lowest BCUT2D eigenvalue weighted by Gasteiger charge is -2.34. The zero-order chi connectivity index (χ0) is 95.8. The summed E-state index contributed by atoms with van der Waals surface area (Å²) in [5.41, 5.74) is 33.9. The molecule has 0 radical (unpaired) electrons. The summed E-state index contributed by atoms with van der Waals surface area (Å²) in [6.45, 7) is 73.7. The van der Waals surface area contributed by atoms with Crippen molar-refractivity contribution in [3.05, 3.63) is 241 Å². The lowest BCUT2D eigenvalue weighted by Crippen LogP contribution is -2.38. The number of hydrogen-bond donors (Lipinski definition) is 6. The van der Waals surface area contributed by atoms with Crippen molar-refractivity contribution in [1.29, 1.82) is 0 Å². The number of aryl methyl sites for hydroxylation is 1. The maximum atomic E-state index is 12.5. The van der Waals surface area contributed by atoms with Crippen molar-refractivity contribution in [3.8, 4) is 0 Å². The Kier molecular flexibility index (Phi) is 29.9. The number of carbonyl (C=O) groups excluding carboxylic acids is 4. The normalized spacial score (nSPS) is 16.9. The van der Waals surface area contributed by atoms with E-state index in [4.69, 9.17) is 0 Å². The number of amides is 3. The Balaban J connectivity index is 0.000000144. The number of rotatable bonds is 4.